The molecule has 0 unspecified atom stereocenters. The van der Waals surface area contributed by atoms with E-state index in [0.29, 0.717) is 62.0 Å². The summed E-state index contributed by atoms with van der Waals surface area (Å²) in [6, 6.07) is 16.6. The second-order valence-corrected chi connectivity index (χ2v) is 10.6. The summed E-state index contributed by atoms with van der Waals surface area (Å²) in [5.41, 5.74) is 5.58. The lowest BCUT2D eigenvalue weighted by molar-refractivity contribution is 0.140. The smallest absolute Gasteiger partial charge is 0.262 e. The van der Waals surface area contributed by atoms with Crippen LogP contribution in [-0.4, -0.2) is 81.0 Å². The summed E-state index contributed by atoms with van der Waals surface area (Å²) >= 11 is 0. The Kier molecular flexibility index (Phi) is 9.14. The maximum Gasteiger partial charge on any atom is 0.262 e. The second-order valence-electron chi connectivity index (χ2n) is 10.6. The minimum atomic E-state index is 0.334. The van der Waals surface area contributed by atoms with Crippen molar-refractivity contribution < 1.29 is 18.9 Å². The third kappa shape index (κ3) is 6.35. The number of H-pyrrole nitrogens is 1. The minimum Gasteiger partial charge on any atom is -0.473 e. The molecular weight excluding hydrogens is 548 g/mol. The number of tetrazole rings is 1. The quantitative estimate of drug-likeness (QED) is 0.192. The van der Waals surface area contributed by atoms with Crippen molar-refractivity contribution in [2.45, 2.75) is 44.6 Å². The highest BCUT2D eigenvalue weighted by atomic mass is 16.5. The molecule has 0 atom stereocenters. The highest BCUT2D eigenvalue weighted by Gasteiger charge is 2.27. The number of nitrogens with zero attached hydrogens (tertiary/aromatic N) is 7. The van der Waals surface area contributed by atoms with Gasteiger partial charge in [0.05, 0.1) is 13.2 Å². The highest BCUT2D eigenvalue weighted by molar-refractivity contribution is 5.85. The number of benzene rings is 2. The van der Waals surface area contributed by atoms with E-state index in [1.54, 1.807) is 14.2 Å². The predicted octanol–water partition coefficient (Wildman–Crippen LogP) is 4.82. The van der Waals surface area contributed by atoms with Crippen molar-refractivity contribution in [2.24, 2.45) is 0 Å². The van der Waals surface area contributed by atoms with Crippen molar-refractivity contribution in [3.8, 4) is 34.3 Å². The van der Waals surface area contributed by atoms with E-state index >= 15 is 0 Å². The SMILES string of the molecule is COCCOc1nnc(OCCOC)c2c1nc(C1CCCCC1)n2Cc1ccc(-c2ccccc2-c2nn[nH]n2)cc1. The molecule has 1 aliphatic rings. The van der Waals surface area contributed by atoms with E-state index < -0.39 is 0 Å². The van der Waals surface area contributed by atoms with Crippen LogP contribution in [0, 0.1) is 0 Å². The molecule has 1 aliphatic carbocycles. The summed E-state index contributed by atoms with van der Waals surface area (Å²) < 4.78 is 24.7. The first kappa shape index (κ1) is 28.7. The van der Waals surface area contributed by atoms with E-state index in [0.717, 1.165) is 46.4 Å². The van der Waals surface area contributed by atoms with Crippen LogP contribution in [-0.2, 0) is 16.0 Å². The fourth-order valence-corrected chi connectivity index (χ4v) is 5.67. The molecule has 0 radical (unpaired) electrons. The molecule has 1 fully saturated rings. The molecule has 43 heavy (non-hydrogen) atoms. The zero-order chi connectivity index (χ0) is 29.4. The van der Waals surface area contributed by atoms with E-state index in [9.17, 15) is 0 Å². The van der Waals surface area contributed by atoms with Gasteiger partial charge in [-0.3, -0.25) is 0 Å². The maximum atomic E-state index is 6.09. The van der Waals surface area contributed by atoms with Gasteiger partial charge in [-0.2, -0.15) is 5.21 Å². The Morgan fingerprint density at radius 1 is 0.791 bits per heavy atom. The van der Waals surface area contributed by atoms with Gasteiger partial charge in [-0.1, -0.05) is 67.8 Å². The van der Waals surface area contributed by atoms with Crippen molar-refractivity contribution >= 4 is 11.0 Å². The van der Waals surface area contributed by atoms with Gasteiger partial charge in [-0.15, -0.1) is 20.4 Å². The zero-order valence-electron chi connectivity index (χ0n) is 24.5. The van der Waals surface area contributed by atoms with Gasteiger partial charge in [0.1, 0.15) is 24.6 Å². The van der Waals surface area contributed by atoms with Crippen LogP contribution in [0.4, 0.5) is 0 Å². The van der Waals surface area contributed by atoms with Crippen LogP contribution in [0.1, 0.15) is 49.4 Å². The van der Waals surface area contributed by atoms with Crippen LogP contribution in [0.25, 0.3) is 33.5 Å². The number of aromatic amines is 1. The summed E-state index contributed by atoms with van der Waals surface area (Å²) in [7, 11) is 3.29. The van der Waals surface area contributed by atoms with Crippen LogP contribution in [0.5, 0.6) is 11.8 Å². The van der Waals surface area contributed by atoms with Crippen LogP contribution in [0.15, 0.2) is 48.5 Å². The number of hydrogen-bond acceptors (Lipinski definition) is 10. The molecule has 0 aliphatic heterocycles. The molecule has 224 valence electrons. The van der Waals surface area contributed by atoms with Gasteiger partial charge < -0.3 is 23.5 Å². The van der Waals surface area contributed by atoms with Crippen molar-refractivity contribution in [3.63, 3.8) is 0 Å². The molecule has 3 aromatic heterocycles. The normalized spacial score (nSPS) is 13.9. The number of ether oxygens (including phenoxy) is 4. The number of hydrogen-bond donors (Lipinski definition) is 1. The Morgan fingerprint density at radius 3 is 2.19 bits per heavy atom. The molecule has 2 aromatic carbocycles. The number of imidazole rings is 1. The van der Waals surface area contributed by atoms with Gasteiger partial charge in [-0.25, -0.2) is 4.98 Å². The summed E-state index contributed by atoms with van der Waals surface area (Å²) in [5.74, 6) is 2.72. The lowest BCUT2D eigenvalue weighted by atomic mass is 9.88. The first-order valence-corrected chi connectivity index (χ1v) is 14.7. The average Bonchev–Trinajstić information content (AvgIpc) is 3.72. The van der Waals surface area contributed by atoms with Crippen molar-refractivity contribution in [1.82, 2.24) is 40.4 Å². The summed E-state index contributed by atoms with van der Waals surface area (Å²) in [6.07, 6.45) is 5.81. The van der Waals surface area contributed by atoms with Crippen LogP contribution in [0.2, 0.25) is 0 Å². The first-order chi connectivity index (χ1) is 21.3. The zero-order valence-corrected chi connectivity index (χ0v) is 24.5. The average molecular weight is 585 g/mol. The molecule has 0 saturated heterocycles. The molecule has 1 saturated carbocycles. The fourth-order valence-electron chi connectivity index (χ4n) is 5.67. The van der Waals surface area contributed by atoms with E-state index in [1.165, 1.54) is 19.3 Å². The van der Waals surface area contributed by atoms with Crippen molar-refractivity contribution in [2.75, 3.05) is 40.6 Å². The molecule has 0 spiro atoms. The number of methoxy groups -OCH3 is 2. The van der Waals surface area contributed by atoms with Crippen molar-refractivity contribution in [3.05, 3.63) is 59.9 Å². The van der Waals surface area contributed by atoms with Gasteiger partial charge in [0, 0.05) is 32.2 Å². The third-order valence-electron chi connectivity index (χ3n) is 7.78. The molecule has 1 N–H and O–H groups in total. The van der Waals surface area contributed by atoms with Gasteiger partial charge in [-0.05, 0) is 34.7 Å². The standard InChI is InChI=1S/C31H36N8O4/c1-40-16-18-42-30-26-27(31(36-35-30)43-19-17-41-2)39(29(32-26)23-8-4-3-5-9-23)20-21-12-14-22(15-13-21)24-10-6-7-11-25(24)28-33-37-38-34-28/h6-7,10-15,23H,3-5,8-9,16-20H2,1-2H3,(H,33,34,37,38). The molecule has 6 rings (SSSR count). The Morgan fingerprint density at radius 2 is 1.49 bits per heavy atom. The molecule has 0 amide bonds. The lowest BCUT2D eigenvalue weighted by Crippen LogP contribution is -2.14. The summed E-state index contributed by atoms with van der Waals surface area (Å²) in [5, 5.41) is 23.4. The van der Waals surface area contributed by atoms with Crippen LogP contribution in [0.3, 0.4) is 0 Å². The first-order valence-electron chi connectivity index (χ1n) is 14.7. The van der Waals surface area contributed by atoms with Gasteiger partial charge >= 0.3 is 0 Å². The number of rotatable bonds is 13. The maximum absolute atomic E-state index is 6.09. The van der Waals surface area contributed by atoms with Crippen molar-refractivity contribution in [1.29, 1.82) is 0 Å². The summed E-state index contributed by atoms with van der Waals surface area (Å²) in [4.78, 5) is 5.17. The van der Waals surface area contributed by atoms with Crippen LogP contribution >= 0.6 is 0 Å². The number of nitrogens with one attached hydrogen (secondary N) is 1. The Hall–Kier alpha value is -4.42. The molecule has 5 aromatic rings. The number of fused-ring (bicyclic) bond motifs is 1. The highest BCUT2D eigenvalue weighted by Crippen LogP contribution is 2.38. The minimum absolute atomic E-state index is 0.334. The largest absolute Gasteiger partial charge is 0.473 e. The molecule has 12 heteroatoms. The molecule has 0 bridgehead atoms. The molecule has 12 nitrogen and oxygen atoms in total. The Labute approximate surface area is 249 Å². The second kappa shape index (κ2) is 13.7. The van der Waals surface area contributed by atoms with Crippen LogP contribution < -0.4 is 9.47 Å². The fraction of sp³-hybridized carbons (Fsp3) is 0.419. The Balaban J connectivity index is 1.39. The third-order valence-corrected chi connectivity index (χ3v) is 7.78. The van der Waals surface area contributed by atoms with Gasteiger partial charge in [0.25, 0.3) is 11.8 Å². The molecular formula is C31H36N8O4. The Bertz CT molecular complexity index is 1620. The van der Waals surface area contributed by atoms with E-state index in [2.05, 4.69) is 65.7 Å². The number of aromatic nitrogens is 8. The van der Waals surface area contributed by atoms with E-state index in [-0.39, 0.29) is 0 Å². The molecule has 3 heterocycles. The summed E-state index contributed by atoms with van der Waals surface area (Å²) in [6.45, 7) is 2.17. The topological polar surface area (TPSA) is 135 Å². The van der Waals surface area contributed by atoms with Gasteiger partial charge in [0.2, 0.25) is 5.82 Å². The van der Waals surface area contributed by atoms with E-state index in [4.69, 9.17) is 23.9 Å². The lowest BCUT2D eigenvalue weighted by Gasteiger charge is -2.22. The predicted molar refractivity (Wildman–Crippen MR) is 160 cm³/mol. The van der Waals surface area contributed by atoms with Gasteiger partial charge in [0.15, 0.2) is 5.52 Å². The van der Waals surface area contributed by atoms with E-state index in [1.807, 2.05) is 18.2 Å². The monoisotopic (exact) mass is 584 g/mol.